The summed E-state index contributed by atoms with van der Waals surface area (Å²) in [5, 5.41) is 11.1. The fourth-order valence-corrected chi connectivity index (χ4v) is 3.09. The van der Waals surface area contributed by atoms with E-state index in [4.69, 9.17) is 4.74 Å². The van der Waals surface area contributed by atoms with Crippen molar-refractivity contribution in [1.29, 1.82) is 0 Å². The van der Waals surface area contributed by atoms with Crippen molar-refractivity contribution in [2.45, 2.75) is 51.4 Å². The summed E-state index contributed by atoms with van der Waals surface area (Å²) in [4.78, 5) is 22.3. The maximum Gasteiger partial charge on any atom is 0.417 e. The molecule has 1 aliphatic heterocycles. The van der Waals surface area contributed by atoms with Crippen LogP contribution in [0.1, 0.15) is 37.8 Å². The van der Waals surface area contributed by atoms with Gasteiger partial charge in [0.2, 0.25) is 0 Å². The first-order chi connectivity index (χ1) is 11.6. The zero-order valence-corrected chi connectivity index (χ0v) is 13.9. The van der Waals surface area contributed by atoms with E-state index in [0.29, 0.717) is 31.9 Å². The molecule has 0 radical (unpaired) electrons. The van der Waals surface area contributed by atoms with Crippen LogP contribution in [0.15, 0.2) is 12.1 Å². The second-order valence-corrected chi connectivity index (χ2v) is 6.16. The standard InChI is InChI=1S/C16H19F3N2O4/c1-10-3-4-13-14(16(17,18)19)7-12(21(23)24)8-15(13)20(10)6-5-11(2)25-9-22/h7-11H,3-6H2,1-2H3. The molecule has 1 aromatic carbocycles. The van der Waals surface area contributed by atoms with Crippen molar-refractivity contribution >= 4 is 17.8 Å². The molecule has 9 heteroatoms. The van der Waals surface area contributed by atoms with E-state index in [-0.39, 0.29) is 23.7 Å². The highest BCUT2D eigenvalue weighted by Gasteiger charge is 2.39. The highest BCUT2D eigenvalue weighted by molar-refractivity contribution is 5.65. The first kappa shape index (κ1) is 19.0. The summed E-state index contributed by atoms with van der Waals surface area (Å²) in [6, 6.07) is 1.73. The summed E-state index contributed by atoms with van der Waals surface area (Å²) < 4.78 is 44.9. The largest absolute Gasteiger partial charge is 0.465 e. The molecule has 2 rings (SSSR count). The minimum Gasteiger partial charge on any atom is -0.465 e. The number of non-ortho nitro benzene ring substituents is 1. The molecule has 0 aliphatic carbocycles. The van der Waals surface area contributed by atoms with Crippen molar-refractivity contribution in [2.75, 3.05) is 11.4 Å². The maximum absolute atomic E-state index is 13.4. The number of nitrogens with zero attached hydrogens (tertiary/aromatic N) is 2. The lowest BCUT2D eigenvalue weighted by Gasteiger charge is -2.38. The molecule has 2 atom stereocenters. The number of hydrogen-bond donors (Lipinski definition) is 0. The molecule has 0 fully saturated rings. The lowest BCUT2D eigenvalue weighted by Crippen LogP contribution is -2.40. The number of hydrogen-bond acceptors (Lipinski definition) is 5. The van der Waals surface area contributed by atoms with Crippen molar-refractivity contribution in [1.82, 2.24) is 0 Å². The van der Waals surface area contributed by atoms with Gasteiger partial charge in [-0.25, -0.2) is 0 Å². The Morgan fingerprint density at radius 3 is 2.72 bits per heavy atom. The van der Waals surface area contributed by atoms with Crippen LogP contribution < -0.4 is 4.90 Å². The van der Waals surface area contributed by atoms with Crippen LogP contribution in [-0.4, -0.2) is 30.1 Å². The van der Waals surface area contributed by atoms with Crippen LogP contribution in [0, 0.1) is 10.1 Å². The van der Waals surface area contributed by atoms with E-state index in [0.717, 1.165) is 0 Å². The predicted octanol–water partition coefficient (Wildman–Crippen LogP) is 3.71. The molecule has 25 heavy (non-hydrogen) atoms. The number of fused-ring (bicyclic) bond motifs is 1. The van der Waals surface area contributed by atoms with E-state index in [1.807, 2.05) is 6.92 Å². The van der Waals surface area contributed by atoms with Gasteiger partial charge >= 0.3 is 6.18 Å². The Kier molecular flexibility index (Phi) is 5.54. The average Bonchev–Trinajstić information content (AvgIpc) is 2.52. The predicted molar refractivity (Wildman–Crippen MR) is 84.5 cm³/mol. The summed E-state index contributed by atoms with van der Waals surface area (Å²) in [7, 11) is 0. The van der Waals surface area contributed by atoms with Gasteiger partial charge in [0.25, 0.3) is 12.2 Å². The van der Waals surface area contributed by atoms with Gasteiger partial charge < -0.3 is 9.64 Å². The van der Waals surface area contributed by atoms with Crippen LogP contribution in [0.25, 0.3) is 0 Å². The van der Waals surface area contributed by atoms with E-state index in [1.165, 1.54) is 6.07 Å². The number of halogens is 3. The number of benzene rings is 1. The second-order valence-electron chi connectivity index (χ2n) is 6.16. The Morgan fingerprint density at radius 1 is 1.48 bits per heavy atom. The smallest absolute Gasteiger partial charge is 0.417 e. The third kappa shape index (κ3) is 4.21. The number of carbonyl (C=O) groups is 1. The topological polar surface area (TPSA) is 72.7 Å². The van der Waals surface area contributed by atoms with Gasteiger partial charge in [-0.05, 0) is 32.3 Å². The Bertz CT molecular complexity index is 664. The number of carbonyl (C=O) groups excluding carboxylic acids is 1. The molecule has 6 nitrogen and oxygen atoms in total. The van der Waals surface area contributed by atoms with Crippen molar-refractivity contribution in [3.63, 3.8) is 0 Å². The zero-order chi connectivity index (χ0) is 18.8. The van der Waals surface area contributed by atoms with Crippen molar-refractivity contribution in [2.24, 2.45) is 0 Å². The number of rotatable bonds is 6. The number of ether oxygens (including phenoxy) is 1. The third-order valence-corrected chi connectivity index (χ3v) is 4.45. The van der Waals surface area contributed by atoms with Crippen molar-refractivity contribution in [3.8, 4) is 0 Å². The molecule has 0 N–H and O–H groups in total. The number of nitro groups is 1. The fraction of sp³-hybridized carbons (Fsp3) is 0.562. The Hall–Kier alpha value is -2.32. The quantitative estimate of drug-likeness (QED) is 0.439. The van der Waals surface area contributed by atoms with Gasteiger partial charge in [-0.15, -0.1) is 0 Å². The molecule has 0 bridgehead atoms. The monoisotopic (exact) mass is 360 g/mol. The van der Waals surface area contributed by atoms with Gasteiger partial charge in [0.05, 0.1) is 10.5 Å². The lowest BCUT2D eigenvalue weighted by atomic mass is 9.91. The average molecular weight is 360 g/mol. The number of nitro benzene ring substituents is 1. The Balaban J connectivity index is 2.45. The molecule has 0 aromatic heterocycles. The molecule has 2 unspecified atom stereocenters. The van der Waals surface area contributed by atoms with Crippen molar-refractivity contribution < 1.29 is 27.6 Å². The summed E-state index contributed by atoms with van der Waals surface area (Å²) >= 11 is 0. The molecule has 0 saturated carbocycles. The van der Waals surface area contributed by atoms with Crippen molar-refractivity contribution in [3.05, 3.63) is 33.4 Å². The van der Waals surface area contributed by atoms with E-state index >= 15 is 0 Å². The second kappa shape index (κ2) is 7.28. The lowest BCUT2D eigenvalue weighted by molar-refractivity contribution is -0.385. The van der Waals surface area contributed by atoms with E-state index in [2.05, 4.69) is 0 Å². The van der Waals surface area contributed by atoms with Crippen LogP contribution in [0.2, 0.25) is 0 Å². The first-order valence-electron chi connectivity index (χ1n) is 7.89. The van der Waals surface area contributed by atoms with E-state index in [1.54, 1.807) is 11.8 Å². The summed E-state index contributed by atoms with van der Waals surface area (Å²) in [5.74, 6) is 0. The first-order valence-corrected chi connectivity index (χ1v) is 7.89. The Labute approximate surface area is 142 Å². The molecular weight excluding hydrogens is 341 g/mol. The van der Waals surface area contributed by atoms with Gasteiger partial charge in [-0.2, -0.15) is 13.2 Å². The van der Waals surface area contributed by atoms with Gasteiger partial charge in [-0.1, -0.05) is 0 Å². The molecule has 1 heterocycles. The summed E-state index contributed by atoms with van der Waals surface area (Å²) in [6.45, 7) is 4.20. The van der Waals surface area contributed by atoms with Gasteiger partial charge in [0.1, 0.15) is 6.10 Å². The molecule has 138 valence electrons. The zero-order valence-electron chi connectivity index (χ0n) is 13.9. The number of alkyl halides is 3. The Morgan fingerprint density at radius 2 is 2.16 bits per heavy atom. The molecule has 1 aromatic rings. The molecule has 0 amide bonds. The highest BCUT2D eigenvalue weighted by Crippen LogP contribution is 2.43. The third-order valence-electron chi connectivity index (χ3n) is 4.45. The van der Waals surface area contributed by atoms with E-state index < -0.39 is 28.5 Å². The van der Waals surface area contributed by atoms with E-state index in [9.17, 15) is 28.1 Å². The normalized spacial score (nSPS) is 18.4. The summed E-state index contributed by atoms with van der Waals surface area (Å²) in [6.07, 6.45) is -3.92. The van der Waals surface area contributed by atoms with Crippen LogP contribution in [0.5, 0.6) is 0 Å². The van der Waals surface area contributed by atoms with Crippen LogP contribution in [0.3, 0.4) is 0 Å². The van der Waals surface area contributed by atoms with Gasteiger partial charge in [0.15, 0.2) is 0 Å². The SMILES string of the molecule is CC(CCN1c2cc([N+](=O)[O-])cc(C(F)(F)F)c2CCC1C)OC=O. The van der Waals surface area contributed by atoms with Gasteiger partial charge in [0, 0.05) is 36.8 Å². The van der Waals surface area contributed by atoms with Crippen LogP contribution in [0.4, 0.5) is 24.5 Å². The minimum absolute atomic E-state index is 0.0704. The van der Waals surface area contributed by atoms with Gasteiger partial charge in [-0.3, -0.25) is 14.9 Å². The number of anilines is 1. The molecule has 0 spiro atoms. The summed E-state index contributed by atoms with van der Waals surface area (Å²) in [5.41, 5.74) is -1.22. The fourth-order valence-electron chi connectivity index (χ4n) is 3.09. The van der Waals surface area contributed by atoms with Crippen LogP contribution in [-0.2, 0) is 22.1 Å². The highest BCUT2D eigenvalue weighted by atomic mass is 19.4. The maximum atomic E-state index is 13.4. The minimum atomic E-state index is -4.66. The molecule has 0 saturated heterocycles. The molecular formula is C16H19F3N2O4. The molecule has 1 aliphatic rings. The van der Waals surface area contributed by atoms with Crippen LogP contribution >= 0.6 is 0 Å².